The number of rotatable bonds is 9. The van der Waals surface area contributed by atoms with Crippen molar-refractivity contribution in [1.29, 1.82) is 5.26 Å². The molecule has 1 amide bonds. The third-order valence-electron chi connectivity index (χ3n) is 5.37. The van der Waals surface area contributed by atoms with Gasteiger partial charge in [0.25, 0.3) is 0 Å². The van der Waals surface area contributed by atoms with E-state index in [0.717, 1.165) is 36.5 Å². The normalized spacial score (nSPS) is 15.3. The second kappa shape index (κ2) is 11.3. The lowest BCUT2D eigenvalue weighted by Gasteiger charge is -2.21. The Morgan fingerprint density at radius 1 is 1.21 bits per heavy atom. The van der Waals surface area contributed by atoms with Crippen molar-refractivity contribution >= 4 is 35.0 Å². The number of nitriles is 1. The summed E-state index contributed by atoms with van der Waals surface area (Å²) in [4.78, 5) is 14.7. The lowest BCUT2D eigenvalue weighted by Crippen LogP contribution is -2.33. The maximum atomic E-state index is 13.1. The SMILES string of the molecule is N#CCCN(C(=O)CSc1nnc(-c2ccc(Cl)cc2)n1C[C@@H]1CCCO1)c1ccccc1. The second-order valence-electron chi connectivity index (χ2n) is 7.64. The lowest BCUT2D eigenvalue weighted by molar-refractivity contribution is -0.116. The van der Waals surface area contributed by atoms with Crippen LogP contribution in [0.1, 0.15) is 19.3 Å². The molecular weight excluding hydrogens is 458 g/mol. The highest BCUT2D eigenvalue weighted by Gasteiger charge is 2.23. The highest BCUT2D eigenvalue weighted by molar-refractivity contribution is 7.99. The number of halogens is 1. The standard InChI is InChI=1S/C24H24ClN5O2S/c25-19-11-9-18(10-12-19)23-27-28-24(30(23)16-21-8-4-15-32-21)33-17-22(31)29(14-5-13-26)20-6-2-1-3-7-20/h1-3,6-7,9-12,21H,4-5,8,14-17H2/t21-/m0/s1. The van der Waals surface area contributed by atoms with Crippen molar-refractivity contribution in [3.8, 4) is 17.5 Å². The maximum Gasteiger partial charge on any atom is 0.237 e. The third kappa shape index (κ3) is 5.93. The van der Waals surface area contributed by atoms with Crippen LogP contribution in [0.25, 0.3) is 11.4 Å². The Labute approximate surface area is 202 Å². The number of aromatic nitrogens is 3. The molecule has 1 fully saturated rings. The number of ether oxygens (including phenoxy) is 1. The Morgan fingerprint density at radius 3 is 2.70 bits per heavy atom. The molecule has 0 bridgehead atoms. The molecule has 0 N–H and O–H groups in total. The molecule has 1 aliphatic rings. The molecular formula is C24H24ClN5O2S. The predicted molar refractivity (Wildman–Crippen MR) is 129 cm³/mol. The van der Waals surface area contributed by atoms with Crippen LogP contribution >= 0.6 is 23.4 Å². The average Bonchev–Trinajstić information content (AvgIpc) is 3.50. The van der Waals surface area contributed by atoms with E-state index < -0.39 is 0 Å². The van der Waals surface area contributed by atoms with Gasteiger partial charge in [-0.25, -0.2) is 0 Å². The van der Waals surface area contributed by atoms with Gasteiger partial charge in [-0.2, -0.15) is 5.26 Å². The molecule has 2 heterocycles. The van der Waals surface area contributed by atoms with Gasteiger partial charge in [0.1, 0.15) is 0 Å². The minimum Gasteiger partial charge on any atom is -0.376 e. The van der Waals surface area contributed by atoms with Gasteiger partial charge in [0.2, 0.25) is 5.91 Å². The van der Waals surface area contributed by atoms with E-state index in [9.17, 15) is 4.79 Å². The molecule has 7 nitrogen and oxygen atoms in total. The Bertz CT molecular complexity index is 1110. The van der Waals surface area contributed by atoms with Crippen molar-refractivity contribution in [3.63, 3.8) is 0 Å². The molecule has 0 unspecified atom stereocenters. The maximum absolute atomic E-state index is 13.1. The molecule has 170 valence electrons. The van der Waals surface area contributed by atoms with Crippen molar-refractivity contribution < 1.29 is 9.53 Å². The van der Waals surface area contributed by atoms with Crippen molar-refractivity contribution in [2.75, 3.05) is 23.8 Å². The highest BCUT2D eigenvalue weighted by atomic mass is 35.5. The molecule has 0 radical (unpaired) electrons. The summed E-state index contributed by atoms with van der Waals surface area (Å²) in [7, 11) is 0. The number of nitrogens with zero attached hydrogens (tertiary/aromatic N) is 5. The van der Waals surface area contributed by atoms with Gasteiger partial charge < -0.3 is 9.64 Å². The minimum absolute atomic E-state index is 0.0823. The molecule has 0 spiro atoms. The zero-order chi connectivity index (χ0) is 23.0. The second-order valence-corrected chi connectivity index (χ2v) is 9.02. The third-order valence-corrected chi connectivity index (χ3v) is 6.57. The van der Waals surface area contributed by atoms with Crippen LogP contribution < -0.4 is 4.90 Å². The quantitative estimate of drug-likeness (QED) is 0.407. The first-order valence-corrected chi connectivity index (χ1v) is 12.2. The Morgan fingerprint density at radius 2 is 2.00 bits per heavy atom. The number of hydrogen-bond acceptors (Lipinski definition) is 6. The molecule has 1 atom stereocenters. The van der Waals surface area contributed by atoms with Crippen molar-refractivity contribution in [3.05, 3.63) is 59.6 Å². The van der Waals surface area contributed by atoms with E-state index >= 15 is 0 Å². The first-order valence-electron chi connectivity index (χ1n) is 10.8. The summed E-state index contributed by atoms with van der Waals surface area (Å²) in [5.41, 5.74) is 1.68. The van der Waals surface area contributed by atoms with E-state index in [1.165, 1.54) is 11.8 Å². The van der Waals surface area contributed by atoms with E-state index in [2.05, 4.69) is 16.3 Å². The molecule has 0 aliphatic carbocycles. The van der Waals surface area contributed by atoms with Crippen LogP contribution in [0.15, 0.2) is 59.8 Å². The number of carbonyl (C=O) groups excluding carboxylic acids is 1. The van der Waals surface area contributed by atoms with E-state index in [0.29, 0.717) is 23.3 Å². The highest BCUT2D eigenvalue weighted by Crippen LogP contribution is 2.28. The summed E-state index contributed by atoms with van der Waals surface area (Å²) < 4.78 is 7.87. The summed E-state index contributed by atoms with van der Waals surface area (Å²) in [6.45, 7) is 1.73. The van der Waals surface area contributed by atoms with Gasteiger partial charge in [0.05, 0.1) is 30.9 Å². The summed E-state index contributed by atoms with van der Waals surface area (Å²) in [5, 5.41) is 19.1. The van der Waals surface area contributed by atoms with E-state index in [1.54, 1.807) is 4.90 Å². The van der Waals surface area contributed by atoms with Gasteiger partial charge >= 0.3 is 0 Å². The molecule has 0 saturated carbocycles. The number of benzene rings is 2. The Hall–Kier alpha value is -2.86. The molecule has 1 saturated heterocycles. The van der Waals surface area contributed by atoms with Gasteiger partial charge in [-0.05, 0) is 49.2 Å². The van der Waals surface area contributed by atoms with Crippen LogP contribution in [-0.2, 0) is 16.1 Å². The zero-order valence-corrected chi connectivity index (χ0v) is 19.6. The summed E-state index contributed by atoms with van der Waals surface area (Å²) in [6, 6.07) is 19.0. The van der Waals surface area contributed by atoms with Crippen LogP contribution in [0.3, 0.4) is 0 Å². The number of amides is 1. The molecule has 3 aromatic rings. The lowest BCUT2D eigenvalue weighted by atomic mass is 10.2. The first-order chi connectivity index (χ1) is 16.2. The van der Waals surface area contributed by atoms with Gasteiger partial charge in [-0.1, -0.05) is 41.6 Å². The molecule has 9 heteroatoms. The fraction of sp³-hybridized carbons (Fsp3) is 0.333. The predicted octanol–water partition coefficient (Wildman–Crippen LogP) is 4.82. The monoisotopic (exact) mass is 481 g/mol. The molecule has 33 heavy (non-hydrogen) atoms. The fourth-order valence-electron chi connectivity index (χ4n) is 3.74. The summed E-state index contributed by atoms with van der Waals surface area (Å²) >= 11 is 7.40. The Kier molecular flexibility index (Phi) is 8.00. The zero-order valence-electron chi connectivity index (χ0n) is 18.1. The largest absolute Gasteiger partial charge is 0.376 e. The molecule has 2 aromatic carbocycles. The number of hydrogen-bond donors (Lipinski definition) is 0. The van der Waals surface area contributed by atoms with Gasteiger partial charge in [0.15, 0.2) is 11.0 Å². The number of thioether (sulfide) groups is 1. The van der Waals surface area contributed by atoms with Crippen LogP contribution in [0, 0.1) is 11.3 Å². The van der Waals surface area contributed by atoms with Gasteiger partial charge in [-0.3, -0.25) is 9.36 Å². The topological polar surface area (TPSA) is 84.0 Å². The van der Waals surface area contributed by atoms with E-state index in [4.69, 9.17) is 21.6 Å². The molecule has 1 aliphatic heterocycles. The van der Waals surface area contributed by atoms with E-state index in [-0.39, 0.29) is 24.2 Å². The molecule has 1 aromatic heterocycles. The fourth-order valence-corrected chi connectivity index (χ4v) is 4.69. The molecule has 4 rings (SSSR count). The number of anilines is 1. The number of para-hydroxylation sites is 1. The van der Waals surface area contributed by atoms with Crippen molar-refractivity contribution in [2.24, 2.45) is 0 Å². The van der Waals surface area contributed by atoms with Crippen LogP contribution in [0.2, 0.25) is 5.02 Å². The Balaban J connectivity index is 1.54. The van der Waals surface area contributed by atoms with Crippen LogP contribution in [0.4, 0.5) is 5.69 Å². The smallest absolute Gasteiger partial charge is 0.237 e. The minimum atomic E-state index is -0.0823. The van der Waals surface area contributed by atoms with Crippen LogP contribution in [-0.4, -0.2) is 45.7 Å². The first kappa shape index (κ1) is 23.3. The van der Waals surface area contributed by atoms with Gasteiger partial charge in [0, 0.05) is 29.4 Å². The number of carbonyl (C=O) groups is 1. The van der Waals surface area contributed by atoms with Crippen LogP contribution in [0.5, 0.6) is 0 Å². The van der Waals surface area contributed by atoms with E-state index in [1.807, 2.05) is 59.2 Å². The summed E-state index contributed by atoms with van der Waals surface area (Å²) in [6.07, 6.45) is 2.38. The summed E-state index contributed by atoms with van der Waals surface area (Å²) in [5.74, 6) is 0.826. The van der Waals surface area contributed by atoms with Crippen molar-refractivity contribution in [2.45, 2.75) is 37.1 Å². The van der Waals surface area contributed by atoms with Crippen molar-refractivity contribution in [1.82, 2.24) is 14.8 Å². The average molecular weight is 482 g/mol. The van der Waals surface area contributed by atoms with Gasteiger partial charge in [-0.15, -0.1) is 10.2 Å².